The average Bonchev–Trinajstić information content (AvgIpc) is 2.86. The van der Waals surface area contributed by atoms with Crippen molar-refractivity contribution in [2.24, 2.45) is 10.7 Å². The number of hydrogen-bond acceptors (Lipinski definition) is 3. The molecule has 2 aliphatic rings. The molecule has 1 fully saturated rings. The number of hydrogen-bond donors (Lipinski definition) is 1. The maximum absolute atomic E-state index is 6.96. The van der Waals surface area contributed by atoms with Crippen molar-refractivity contribution in [3.8, 4) is 5.75 Å². The number of ether oxygens (including phenoxy) is 1. The topological polar surface area (TPSA) is 47.6 Å². The highest BCUT2D eigenvalue weighted by atomic mass is 35.5. The Labute approximate surface area is 195 Å². The fraction of sp³-hybridized carbons (Fsp3) is 0.321. The molecule has 0 unspecified atom stereocenters. The Morgan fingerprint density at radius 1 is 0.938 bits per heavy atom. The molecule has 164 valence electrons. The molecule has 2 N–H and O–H groups in total. The largest absolute Gasteiger partial charge is 0.489 e. The molecule has 0 saturated heterocycles. The van der Waals surface area contributed by atoms with Crippen molar-refractivity contribution >= 4 is 17.8 Å². The molecule has 3 aromatic carbocycles. The third-order valence-corrected chi connectivity index (χ3v) is 7.47. The molecule has 3 nitrogen and oxygen atoms in total. The van der Waals surface area contributed by atoms with E-state index in [0.29, 0.717) is 11.6 Å². The number of rotatable bonds is 5. The molecule has 32 heavy (non-hydrogen) atoms. The summed E-state index contributed by atoms with van der Waals surface area (Å²) >= 11 is 6.57. The number of nitrogens with zero attached hydrogens (tertiary/aromatic N) is 1. The molecule has 3 aromatic rings. The van der Waals surface area contributed by atoms with Gasteiger partial charge in [-0.1, -0.05) is 72.3 Å². The number of nitrogens with two attached hydrogens (primary N) is 1. The predicted molar refractivity (Wildman–Crippen MR) is 132 cm³/mol. The quantitative estimate of drug-likeness (QED) is 0.493. The first kappa shape index (κ1) is 21.2. The lowest BCUT2D eigenvalue weighted by atomic mass is 9.63. The maximum Gasteiger partial charge on any atom is 0.138 e. The van der Waals surface area contributed by atoms with Gasteiger partial charge in [-0.25, -0.2) is 0 Å². The Kier molecular flexibility index (Phi) is 6.03. The van der Waals surface area contributed by atoms with E-state index >= 15 is 0 Å². The van der Waals surface area contributed by atoms with Gasteiger partial charge >= 0.3 is 0 Å². The first-order valence-electron chi connectivity index (χ1n) is 11.5. The minimum absolute atomic E-state index is 0.0568. The van der Waals surface area contributed by atoms with Gasteiger partial charge in [-0.3, -0.25) is 4.99 Å². The zero-order chi connectivity index (χ0) is 22.0. The van der Waals surface area contributed by atoms with Crippen LogP contribution in [0.25, 0.3) is 0 Å². The van der Waals surface area contributed by atoms with Crippen molar-refractivity contribution in [3.05, 3.63) is 100 Å². The smallest absolute Gasteiger partial charge is 0.138 e. The summed E-state index contributed by atoms with van der Waals surface area (Å²) in [6, 6.07) is 25.3. The Morgan fingerprint density at radius 3 is 2.34 bits per heavy atom. The second-order valence-corrected chi connectivity index (χ2v) is 9.41. The number of aliphatic imine (C=N–C) groups is 1. The molecule has 1 atom stereocenters. The van der Waals surface area contributed by atoms with Crippen molar-refractivity contribution in [3.63, 3.8) is 0 Å². The van der Waals surface area contributed by atoms with Crippen molar-refractivity contribution in [1.29, 1.82) is 0 Å². The van der Waals surface area contributed by atoms with E-state index in [1.54, 1.807) is 0 Å². The van der Waals surface area contributed by atoms with Crippen LogP contribution >= 0.6 is 11.6 Å². The Morgan fingerprint density at radius 2 is 1.62 bits per heavy atom. The maximum atomic E-state index is 6.96. The van der Waals surface area contributed by atoms with E-state index in [4.69, 9.17) is 22.1 Å². The third-order valence-electron chi connectivity index (χ3n) is 7.18. The van der Waals surface area contributed by atoms with Gasteiger partial charge in [-0.2, -0.15) is 0 Å². The zero-order valence-corrected chi connectivity index (χ0v) is 19.0. The van der Waals surface area contributed by atoms with Crippen LogP contribution < -0.4 is 10.5 Å². The average molecular weight is 445 g/mol. The van der Waals surface area contributed by atoms with Crippen LogP contribution in [-0.4, -0.2) is 12.3 Å². The second kappa shape index (κ2) is 9.09. The van der Waals surface area contributed by atoms with Crippen molar-refractivity contribution in [2.75, 3.05) is 0 Å². The van der Waals surface area contributed by atoms with E-state index in [-0.39, 0.29) is 17.6 Å². The number of fused-ring (bicyclic) bond motifs is 1. The van der Waals surface area contributed by atoms with Gasteiger partial charge in [0.05, 0.1) is 17.7 Å². The van der Waals surface area contributed by atoms with Gasteiger partial charge in [0.15, 0.2) is 0 Å². The standard InChI is InChI=1S/C28H29ClN2O/c29-25-17-22-19-31-16-13-21(22)18-26(25)32-24-11-14-28(15-12-24,23-9-5-2-6-10-23)27(30)20-7-3-1-4-8-20/h1-10,16-18,24,27H,11-15,19,30H2/t24?,27-,28?/m1/s1. The Hall–Kier alpha value is -2.62. The molecule has 5 rings (SSSR count). The first-order valence-corrected chi connectivity index (χ1v) is 11.9. The fourth-order valence-corrected chi connectivity index (χ4v) is 5.55. The van der Waals surface area contributed by atoms with Crippen molar-refractivity contribution in [2.45, 2.75) is 56.2 Å². The normalized spacial score (nSPS) is 23.4. The number of halogens is 1. The summed E-state index contributed by atoms with van der Waals surface area (Å²) in [5, 5.41) is 0.682. The molecule has 1 saturated carbocycles. The minimum Gasteiger partial charge on any atom is -0.489 e. The zero-order valence-electron chi connectivity index (χ0n) is 18.2. The van der Waals surface area contributed by atoms with Crippen LogP contribution in [0.5, 0.6) is 5.75 Å². The summed E-state index contributed by atoms with van der Waals surface area (Å²) in [7, 11) is 0. The van der Waals surface area contributed by atoms with Gasteiger partial charge in [0.2, 0.25) is 0 Å². The summed E-state index contributed by atoms with van der Waals surface area (Å²) in [5.74, 6) is 0.797. The van der Waals surface area contributed by atoms with E-state index in [2.05, 4.69) is 65.7 Å². The molecule has 1 heterocycles. The highest BCUT2D eigenvalue weighted by Crippen LogP contribution is 2.48. The summed E-state index contributed by atoms with van der Waals surface area (Å²) in [4.78, 5) is 4.35. The molecule has 1 aliphatic heterocycles. The SMILES string of the molecule is N[C@H](c1ccccc1)C1(c2ccccc2)CCC(Oc2cc3c(cc2Cl)CN=CC3)CC1. The molecule has 0 radical (unpaired) electrons. The summed E-state index contributed by atoms with van der Waals surface area (Å²) in [5.41, 5.74) is 11.8. The molecule has 0 spiro atoms. The molecule has 0 amide bonds. The molecular weight excluding hydrogens is 416 g/mol. The van der Waals surface area contributed by atoms with E-state index in [1.807, 2.05) is 18.3 Å². The van der Waals surface area contributed by atoms with Gasteiger partial charge in [0.1, 0.15) is 5.75 Å². The van der Waals surface area contributed by atoms with Gasteiger partial charge < -0.3 is 10.5 Å². The van der Waals surface area contributed by atoms with E-state index in [1.165, 1.54) is 22.3 Å². The van der Waals surface area contributed by atoms with Gasteiger partial charge in [0, 0.05) is 24.1 Å². The molecule has 0 aromatic heterocycles. The van der Waals surface area contributed by atoms with E-state index < -0.39 is 0 Å². The lowest BCUT2D eigenvalue weighted by molar-refractivity contribution is 0.104. The first-order chi connectivity index (χ1) is 15.7. The summed E-state index contributed by atoms with van der Waals surface area (Å²) in [6.07, 6.45) is 6.81. The number of benzene rings is 3. The molecular formula is C28H29ClN2O. The van der Waals surface area contributed by atoms with Gasteiger partial charge in [-0.05, 0) is 60.1 Å². The molecule has 1 aliphatic carbocycles. The van der Waals surface area contributed by atoms with Crippen LogP contribution in [0, 0.1) is 0 Å². The van der Waals surface area contributed by atoms with Crippen LogP contribution in [0.1, 0.15) is 54.0 Å². The minimum atomic E-state index is -0.0986. The highest BCUT2D eigenvalue weighted by molar-refractivity contribution is 6.32. The fourth-order valence-electron chi connectivity index (χ4n) is 5.32. The van der Waals surface area contributed by atoms with Crippen molar-refractivity contribution < 1.29 is 4.74 Å². The Balaban J connectivity index is 1.37. The summed E-state index contributed by atoms with van der Waals surface area (Å²) < 4.78 is 6.45. The van der Waals surface area contributed by atoms with Crippen LogP contribution in [-0.2, 0) is 18.4 Å². The van der Waals surface area contributed by atoms with Crippen LogP contribution in [0.15, 0.2) is 77.8 Å². The van der Waals surface area contributed by atoms with E-state index in [9.17, 15) is 0 Å². The monoisotopic (exact) mass is 444 g/mol. The summed E-state index contributed by atoms with van der Waals surface area (Å²) in [6.45, 7) is 0.704. The predicted octanol–water partition coefficient (Wildman–Crippen LogP) is 6.43. The van der Waals surface area contributed by atoms with Crippen LogP contribution in [0.3, 0.4) is 0 Å². The third kappa shape index (κ3) is 4.07. The molecule has 4 heteroatoms. The van der Waals surface area contributed by atoms with Crippen LogP contribution in [0.4, 0.5) is 0 Å². The van der Waals surface area contributed by atoms with Gasteiger partial charge in [-0.15, -0.1) is 0 Å². The second-order valence-electron chi connectivity index (χ2n) is 9.01. The van der Waals surface area contributed by atoms with Crippen molar-refractivity contribution in [1.82, 2.24) is 0 Å². The van der Waals surface area contributed by atoms with Gasteiger partial charge in [0.25, 0.3) is 0 Å². The van der Waals surface area contributed by atoms with Crippen LogP contribution in [0.2, 0.25) is 5.02 Å². The lowest BCUT2D eigenvalue weighted by Gasteiger charge is -2.45. The highest BCUT2D eigenvalue weighted by Gasteiger charge is 2.43. The molecule has 0 bridgehead atoms. The Bertz CT molecular complexity index is 1090. The lowest BCUT2D eigenvalue weighted by Crippen LogP contribution is -2.43. The van der Waals surface area contributed by atoms with E-state index in [0.717, 1.165) is 37.9 Å².